The highest BCUT2D eigenvalue weighted by Gasteiger charge is 2.40. The van der Waals surface area contributed by atoms with Crippen molar-refractivity contribution < 1.29 is 33.4 Å². The van der Waals surface area contributed by atoms with Gasteiger partial charge < -0.3 is 29.2 Å². The van der Waals surface area contributed by atoms with Gasteiger partial charge in [0.15, 0.2) is 0 Å². The molecule has 4 amide bonds. The van der Waals surface area contributed by atoms with E-state index < -0.39 is 52.8 Å². The Kier molecular flexibility index (Phi) is 16.2. The van der Waals surface area contributed by atoms with Crippen LogP contribution in [0, 0.1) is 23.2 Å². The lowest BCUT2D eigenvalue weighted by atomic mass is 9.84. The molecule has 17 heteroatoms. The molecule has 0 radical (unpaired) electrons. The lowest BCUT2D eigenvalue weighted by Crippen LogP contribution is -2.62. The first-order chi connectivity index (χ1) is 33.2. The fraction of sp³-hybridized carbons (Fsp3) is 0.566. The van der Waals surface area contributed by atoms with Crippen molar-refractivity contribution in [1.82, 2.24) is 45.0 Å². The molecule has 0 spiro atoms. The van der Waals surface area contributed by atoms with Gasteiger partial charge in [-0.15, -0.1) is 11.3 Å². The molecule has 2 saturated heterocycles. The Bertz CT molecular complexity index is 2660. The largest absolute Gasteiger partial charge is 0.464 e. The molecule has 3 aliphatic heterocycles. The number of aryl methyl sites for hydroxylation is 1. The van der Waals surface area contributed by atoms with Gasteiger partial charge >= 0.3 is 5.97 Å². The number of esters is 1. The van der Waals surface area contributed by atoms with Gasteiger partial charge in [0.1, 0.15) is 24.7 Å². The van der Waals surface area contributed by atoms with Crippen LogP contribution in [0.3, 0.4) is 0 Å². The lowest BCUT2D eigenvalue weighted by molar-refractivity contribution is -0.155. The van der Waals surface area contributed by atoms with Gasteiger partial charge in [0, 0.05) is 78.7 Å². The van der Waals surface area contributed by atoms with Gasteiger partial charge in [0.25, 0.3) is 11.8 Å². The van der Waals surface area contributed by atoms with E-state index in [4.69, 9.17) is 19.4 Å². The SMILES string of the molecule is CCn1c(-c2cccnc2[C@H](C)OC)c2c3cc(ccc31)-c1csc(n1)C[C@H](NC(=O)C(C(C)C)N1CCCCN(C(=O)C#CC(C)(C)N(C)C)CC1=O)C(=O)N1CCC[C@H](N1)C(=O)OCC(C)(C)C2. The summed E-state index contributed by atoms with van der Waals surface area (Å²) in [6.45, 7) is 17.5. The molecule has 4 atom stereocenters. The minimum atomic E-state index is -1.11. The number of nitrogens with zero attached hydrogens (tertiary/aromatic N) is 7. The van der Waals surface area contributed by atoms with Gasteiger partial charge in [0.05, 0.1) is 40.3 Å². The Morgan fingerprint density at radius 2 is 1.84 bits per heavy atom. The second kappa shape index (κ2) is 21.8. The van der Waals surface area contributed by atoms with Crippen LogP contribution in [-0.2, 0) is 52.8 Å². The highest BCUT2D eigenvalue weighted by molar-refractivity contribution is 7.10. The second-order valence-corrected chi connectivity index (χ2v) is 21.6. The van der Waals surface area contributed by atoms with Crippen LogP contribution >= 0.6 is 11.3 Å². The number of aromatic nitrogens is 3. The molecule has 2 fully saturated rings. The quantitative estimate of drug-likeness (QED) is 0.149. The number of ether oxygens (including phenoxy) is 2. The number of pyridine rings is 1. The number of fused-ring (bicyclic) bond motifs is 6. The van der Waals surface area contributed by atoms with E-state index in [9.17, 15) is 24.0 Å². The molecule has 7 rings (SSSR count). The van der Waals surface area contributed by atoms with Crippen LogP contribution in [0.1, 0.15) is 103 Å². The van der Waals surface area contributed by atoms with Crippen LogP contribution in [-0.4, -0.2) is 141 Å². The average Bonchev–Trinajstić information content (AvgIpc) is 3.92. The minimum Gasteiger partial charge on any atom is -0.464 e. The number of nitrogens with one attached hydrogen (secondary N) is 2. The molecule has 0 aliphatic carbocycles. The summed E-state index contributed by atoms with van der Waals surface area (Å²) in [4.78, 5) is 85.8. The van der Waals surface area contributed by atoms with E-state index in [0.717, 1.165) is 44.7 Å². The zero-order valence-corrected chi connectivity index (χ0v) is 43.6. The number of hydrazine groups is 1. The third-order valence-electron chi connectivity index (χ3n) is 14.0. The van der Waals surface area contributed by atoms with Crippen molar-refractivity contribution in [3.05, 3.63) is 58.2 Å². The number of hydrogen-bond acceptors (Lipinski definition) is 12. The standard InChI is InChI=1S/C53H71N9O7S/c1-12-60-42-20-19-35-27-37(42)38(48(60)36-17-15-23-54-46(36)34(4)68-11)29-52(5,6)32-69-51(67)39-18-16-26-62(57-39)50(66)40(28-43-55-41(35)31-70-43)56-49(65)47(33(2)3)61-25-14-13-24-59(30-45(61)64)44(63)21-22-53(7,8)58(9)10/h15,17,19-20,23,27,31,33-34,39-40,47,57H,12-14,16,18,24-26,28-30,32H2,1-11H3,(H,56,65)/t34-,39-,40-,47?/m0/s1. The van der Waals surface area contributed by atoms with Crippen molar-refractivity contribution in [3.63, 3.8) is 0 Å². The molecule has 6 bridgehead atoms. The number of benzene rings is 1. The zero-order valence-electron chi connectivity index (χ0n) is 42.8. The summed E-state index contributed by atoms with van der Waals surface area (Å²) in [5, 5.41) is 8.12. The van der Waals surface area contributed by atoms with Gasteiger partial charge in [-0.25, -0.2) is 10.4 Å². The number of methoxy groups -OCH3 is 1. The number of hydrogen-bond donors (Lipinski definition) is 2. The fourth-order valence-electron chi connectivity index (χ4n) is 9.53. The van der Waals surface area contributed by atoms with Crippen molar-refractivity contribution in [2.45, 2.75) is 130 Å². The smallest absolute Gasteiger partial charge is 0.324 e. The van der Waals surface area contributed by atoms with Crippen molar-refractivity contribution >= 4 is 51.8 Å². The van der Waals surface area contributed by atoms with Gasteiger partial charge in [-0.1, -0.05) is 39.7 Å². The Balaban J connectivity index is 1.25. The van der Waals surface area contributed by atoms with Gasteiger partial charge in [-0.3, -0.25) is 38.9 Å². The second-order valence-electron chi connectivity index (χ2n) is 20.7. The van der Waals surface area contributed by atoms with Crippen LogP contribution in [0.2, 0.25) is 0 Å². The fourth-order valence-corrected chi connectivity index (χ4v) is 10.4. The molecule has 2 N–H and O–H groups in total. The van der Waals surface area contributed by atoms with Crippen molar-refractivity contribution in [3.8, 4) is 34.4 Å². The molecule has 3 aromatic heterocycles. The normalized spacial score (nSPS) is 20.3. The first kappa shape index (κ1) is 52.2. The molecule has 0 saturated carbocycles. The molecule has 376 valence electrons. The van der Waals surface area contributed by atoms with Crippen molar-refractivity contribution in [2.75, 3.05) is 54.0 Å². The number of amides is 4. The summed E-state index contributed by atoms with van der Waals surface area (Å²) in [7, 11) is 5.46. The summed E-state index contributed by atoms with van der Waals surface area (Å²) in [6, 6.07) is 7.55. The third kappa shape index (κ3) is 11.4. The van der Waals surface area contributed by atoms with E-state index in [1.165, 1.54) is 21.2 Å². The van der Waals surface area contributed by atoms with Crippen LogP contribution in [0.15, 0.2) is 41.9 Å². The molecule has 16 nitrogen and oxygen atoms in total. The Morgan fingerprint density at radius 1 is 1.09 bits per heavy atom. The molecular formula is C53H71N9O7S. The van der Waals surface area contributed by atoms with E-state index in [1.807, 2.05) is 65.1 Å². The van der Waals surface area contributed by atoms with Crippen molar-refractivity contribution in [1.29, 1.82) is 0 Å². The maximum absolute atomic E-state index is 14.8. The molecule has 3 aliphatic rings. The predicted octanol–water partition coefficient (Wildman–Crippen LogP) is 6.02. The van der Waals surface area contributed by atoms with E-state index in [-0.39, 0.29) is 37.5 Å². The molecule has 4 aromatic rings. The van der Waals surface area contributed by atoms with Gasteiger partial charge in [-0.05, 0) is 116 Å². The lowest BCUT2D eigenvalue weighted by Gasteiger charge is -2.38. The molecule has 1 aromatic carbocycles. The maximum Gasteiger partial charge on any atom is 0.324 e. The van der Waals surface area contributed by atoms with Crippen LogP contribution in [0.25, 0.3) is 33.4 Å². The van der Waals surface area contributed by atoms with E-state index in [0.29, 0.717) is 63.3 Å². The third-order valence-corrected chi connectivity index (χ3v) is 14.9. The summed E-state index contributed by atoms with van der Waals surface area (Å²) in [5.41, 5.74) is 8.68. The van der Waals surface area contributed by atoms with Crippen LogP contribution in [0.4, 0.5) is 0 Å². The molecule has 70 heavy (non-hydrogen) atoms. The van der Waals surface area contributed by atoms with Crippen LogP contribution < -0.4 is 10.7 Å². The summed E-state index contributed by atoms with van der Waals surface area (Å²) >= 11 is 1.40. The Hall–Kier alpha value is -5.67. The van der Waals surface area contributed by atoms with E-state index in [2.05, 4.69) is 72.2 Å². The first-order valence-electron chi connectivity index (χ1n) is 24.6. The Morgan fingerprint density at radius 3 is 2.56 bits per heavy atom. The Labute approximate surface area is 416 Å². The van der Waals surface area contributed by atoms with Crippen LogP contribution in [0.5, 0.6) is 0 Å². The highest BCUT2D eigenvalue weighted by Crippen LogP contribution is 2.42. The summed E-state index contributed by atoms with van der Waals surface area (Å²) < 4.78 is 14.3. The first-order valence-corrected chi connectivity index (χ1v) is 25.5. The topological polar surface area (TPSA) is 172 Å². The highest BCUT2D eigenvalue weighted by atomic mass is 32.1. The molecular weight excluding hydrogens is 907 g/mol. The van der Waals surface area contributed by atoms with Gasteiger partial charge in [0.2, 0.25) is 11.8 Å². The monoisotopic (exact) mass is 978 g/mol. The maximum atomic E-state index is 14.8. The number of rotatable bonds is 9. The average molecular weight is 978 g/mol. The molecule has 6 heterocycles. The summed E-state index contributed by atoms with van der Waals surface area (Å²) in [6.07, 6.45) is 4.33. The minimum absolute atomic E-state index is 0.0606. The van der Waals surface area contributed by atoms with Crippen molar-refractivity contribution in [2.24, 2.45) is 11.3 Å². The number of carbonyl (C=O) groups is 5. The predicted molar refractivity (Wildman–Crippen MR) is 271 cm³/mol. The van der Waals surface area contributed by atoms with E-state index in [1.54, 1.807) is 18.2 Å². The zero-order chi connectivity index (χ0) is 50.7. The number of carbonyl (C=O) groups excluding carboxylic acids is 5. The number of thiazole rings is 1. The number of cyclic esters (lactones) is 1. The molecule has 1 unspecified atom stereocenters. The van der Waals surface area contributed by atoms with E-state index >= 15 is 0 Å². The van der Waals surface area contributed by atoms with Gasteiger partial charge in [-0.2, -0.15) is 0 Å². The summed E-state index contributed by atoms with van der Waals surface area (Å²) in [5.74, 6) is 3.23.